The monoisotopic (exact) mass is 702 g/mol. The molecule has 0 aromatic heterocycles. The number of esters is 1. The van der Waals surface area contributed by atoms with Crippen LogP contribution in [0.25, 0.3) is 0 Å². The van der Waals surface area contributed by atoms with Crippen molar-refractivity contribution in [2.75, 3.05) is 25.6 Å². The van der Waals surface area contributed by atoms with Crippen LogP contribution in [0.2, 0.25) is 5.02 Å². The van der Waals surface area contributed by atoms with Crippen molar-refractivity contribution in [1.29, 1.82) is 0 Å². The van der Waals surface area contributed by atoms with E-state index in [1.54, 1.807) is 91.0 Å². The lowest BCUT2D eigenvalue weighted by Crippen LogP contribution is -2.33. The zero-order valence-corrected chi connectivity index (χ0v) is 29.0. The minimum Gasteiger partial charge on any atom is -0.495 e. The standard InChI is InChI=1S/C39H43ClN2O8/c1-3-4-5-6-7-22-49-32-19-13-30(14-20-32)39(47)50-33-17-8-27(9-18-33)25-42(26-37(44)45)38(46)29-11-15-31(16-12-29)41-36(43)24-28-10-21-35(48-2)34(40)23-28/h8-21,23,38,46H,3-7,22,24-26H2,1-2H3,(H,41,43)(H,44,45). The van der Waals surface area contributed by atoms with Gasteiger partial charge in [0, 0.05) is 12.2 Å². The number of ether oxygens (including phenoxy) is 3. The molecule has 264 valence electrons. The van der Waals surface area contributed by atoms with Crippen LogP contribution in [0.3, 0.4) is 0 Å². The normalized spacial score (nSPS) is 11.5. The maximum atomic E-state index is 12.7. The van der Waals surface area contributed by atoms with Crippen molar-refractivity contribution in [3.63, 3.8) is 0 Å². The van der Waals surface area contributed by atoms with E-state index in [2.05, 4.69) is 12.2 Å². The lowest BCUT2D eigenvalue weighted by atomic mass is 10.1. The topological polar surface area (TPSA) is 135 Å². The molecule has 0 radical (unpaired) electrons. The highest BCUT2D eigenvalue weighted by Gasteiger charge is 2.21. The van der Waals surface area contributed by atoms with Gasteiger partial charge in [-0.3, -0.25) is 14.5 Å². The van der Waals surface area contributed by atoms with Crippen molar-refractivity contribution in [3.8, 4) is 17.2 Å². The van der Waals surface area contributed by atoms with Gasteiger partial charge >= 0.3 is 11.9 Å². The van der Waals surface area contributed by atoms with E-state index in [0.29, 0.717) is 51.3 Å². The van der Waals surface area contributed by atoms with Crippen molar-refractivity contribution in [3.05, 3.63) is 118 Å². The Morgan fingerprint density at radius 2 is 1.50 bits per heavy atom. The first-order valence-electron chi connectivity index (χ1n) is 16.5. The summed E-state index contributed by atoms with van der Waals surface area (Å²) in [6.07, 6.45) is 4.61. The molecule has 11 heteroatoms. The SMILES string of the molecule is CCCCCCCOc1ccc(C(=O)Oc2ccc(CN(CC(=O)O)C(O)c3ccc(NC(=O)Cc4ccc(OC)c(Cl)c4)cc3)cc2)cc1. The molecule has 0 bridgehead atoms. The Hall–Kier alpha value is -4.90. The number of hydrogen-bond donors (Lipinski definition) is 3. The van der Waals surface area contributed by atoms with Crippen molar-refractivity contribution >= 4 is 35.1 Å². The summed E-state index contributed by atoms with van der Waals surface area (Å²) in [5, 5.41) is 23.9. The number of hydrogen-bond acceptors (Lipinski definition) is 8. The number of nitrogens with one attached hydrogen (secondary N) is 1. The Kier molecular flexibility index (Phi) is 14.7. The van der Waals surface area contributed by atoms with Crippen LogP contribution < -0.4 is 19.5 Å². The number of aliphatic hydroxyl groups is 1. The van der Waals surface area contributed by atoms with E-state index in [4.69, 9.17) is 25.8 Å². The average molecular weight is 703 g/mol. The molecular formula is C39H43ClN2O8. The number of aliphatic hydroxyl groups excluding tert-OH is 1. The number of aliphatic carboxylic acids is 1. The summed E-state index contributed by atoms with van der Waals surface area (Å²) in [7, 11) is 1.52. The van der Waals surface area contributed by atoms with Crippen LogP contribution in [-0.4, -0.2) is 53.2 Å². The summed E-state index contributed by atoms with van der Waals surface area (Å²) in [5.74, 6) is -0.343. The largest absolute Gasteiger partial charge is 0.495 e. The molecule has 0 heterocycles. The fourth-order valence-corrected chi connectivity index (χ4v) is 5.49. The van der Waals surface area contributed by atoms with E-state index in [1.807, 2.05) is 0 Å². The Bertz CT molecular complexity index is 1700. The second kappa shape index (κ2) is 19.3. The van der Waals surface area contributed by atoms with Crippen LogP contribution >= 0.6 is 11.6 Å². The lowest BCUT2D eigenvalue weighted by Gasteiger charge is -2.27. The van der Waals surface area contributed by atoms with E-state index in [1.165, 1.54) is 31.3 Å². The summed E-state index contributed by atoms with van der Waals surface area (Å²) >= 11 is 6.16. The van der Waals surface area contributed by atoms with Gasteiger partial charge in [-0.05, 0) is 83.8 Å². The highest BCUT2D eigenvalue weighted by molar-refractivity contribution is 6.32. The summed E-state index contributed by atoms with van der Waals surface area (Å²) in [5.41, 5.74) is 2.75. The molecule has 0 aliphatic heterocycles. The number of amides is 1. The molecule has 1 atom stereocenters. The second-order valence-electron chi connectivity index (χ2n) is 11.8. The smallest absolute Gasteiger partial charge is 0.343 e. The number of carbonyl (C=O) groups is 3. The van der Waals surface area contributed by atoms with Gasteiger partial charge < -0.3 is 29.7 Å². The molecule has 4 aromatic carbocycles. The van der Waals surface area contributed by atoms with E-state index in [0.717, 1.165) is 18.4 Å². The first kappa shape index (κ1) is 37.9. The molecule has 4 rings (SSSR count). The number of methoxy groups -OCH3 is 1. The molecule has 10 nitrogen and oxygen atoms in total. The second-order valence-corrected chi connectivity index (χ2v) is 12.2. The van der Waals surface area contributed by atoms with Crippen LogP contribution in [0.5, 0.6) is 17.2 Å². The maximum Gasteiger partial charge on any atom is 0.343 e. The number of anilines is 1. The average Bonchev–Trinajstić information content (AvgIpc) is 3.10. The van der Waals surface area contributed by atoms with Gasteiger partial charge in [-0.15, -0.1) is 0 Å². The third kappa shape index (κ3) is 11.9. The van der Waals surface area contributed by atoms with Gasteiger partial charge in [0.2, 0.25) is 5.91 Å². The van der Waals surface area contributed by atoms with Gasteiger partial charge in [0.25, 0.3) is 0 Å². The molecule has 0 aliphatic rings. The summed E-state index contributed by atoms with van der Waals surface area (Å²) in [4.78, 5) is 38.4. The van der Waals surface area contributed by atoms with Crippen molar-refractivity contribution < 1.29 is 38.8 Å². The fourth-order valence-electron chi connectivity index (χ4n) is 5.21. The van der Waals surface area contributed by atoms with Crippen LogP contribution in [0, 0.1) is 0 Å². The van der Waals surface area contributed by atoms with Gasteiger partial charge in [0.15, 0.2) is 0 Å². The number of carboxylic acid groups (broad SMARTS) is 1. The molecule has 3 N–H and O–H groups in total. The molecule has 1 amide bonds. The number of carboxylic acids is 1. The van der Waals surface area contributed by atoms with E-state index >= 15 is 0 Å². The predicted octanol–water partition coefficient (Wildman–Crippen LogP) is 7.68. The van der Waals surface area contributed by atoms with Crippen LogP contribution in [-0.2, 0) is 22.6 Å². The van der Waals surface area contributed by atoms with Gasteiger partial charge in [-0.2, -0.15) is 0 Å². The lowest BCUT2D eigenvalue weighted by molar-refractivity contribution is -0.142. The van der Waals surface area contributed by atoms with Crippen molar-refractivity contribution in [2.45, 2.75) is 58.2 Å². The van der Waals surface area contributed by atoms with Crippen LogP contribution in [0.4, 0.5) is 5.69 Å². The molecular weight excluding hydrogens is 660 g/mol. The predicted molar refractivity (Wildman–Crippen MR) is 192 cm³/mol. The molecule has 4 aromatic rings. The third-order valence-electron chi connectivity index (χ3n) is 7.88. The minimum absolute atomic E-state index is 0.0976. The summed E-state index contributed by atoms with van der Waals surface area (Å²) in [6.45, 7) is 2.49. The van der Waals surface area contributed by atoms with E-state index < -0.39 is 24.7 Å². The summed E-state index contributed by atoms with van der Waals surface area (Å²) < 4.78 is 16.4. The molecule has 1 unspecified atom stereocenters. The van der Waals surface area contributed by atoms with Gasteiger partial charge in [0.1, 0.15) is 23.5 Å². The van der Waals surface area contributed by atoms with Crippen molar-refractivity contribution in [2.24, 2.45) is 0 Å². The first-order chi connectivity index (χ1) is 24.1. The number of halogens is 1. The maximum absolute atomic E-state index is 12.7. The molecule has 0 spiro atoms. The van der Waals surface area contributed by atoms with Gasteiger partial charge in [0.05, 0.1) is 37.3 Å². The fraction of sp³-hybridized carbons (Fsp3) is 0.308. The Morgan fingerprint density at radius 1 is 0.840 bits per heavy atom. The van der Waals surface area contributed by atoms with E-state index in [9.17, 15) is 24.6 Å². The van der Waals surface area contributed by atoms with Crippen LogP contribution in [0.1, 0.15) is 72.3 Å². The Balaban J connectivity index is 1.29. The Labute approximate surface area is 297 Å². The number of benzene rings is 4. The molecule has 0 saturated heterocycles. The van der Waals surface area contributed by atoms with Gasteiger partial charge in [-0.1, -0.05) is 74.5 Å². The molecule has 0 saturated carbocycles. The first-order valence-corrected chi connectivity index (χ1v) is 16.9. The quantitative estimate of drug-likeness (QED) is 0.0389. The van der Waals surface area contributed by atoms with Gasteiger partial charge in [-0.25, -0.2) is 4.79 Å². The highest BCUT2D eigenvalue weighted by atomic mass is 35.5. The number of nitrogens with zero attached hydrogens (tertiary/aromatic N) is 1. The minimum atomic E-state index is -1.25. The number of carbonyl (C=O) groups excluding carboxylic acids is 2. The molecule has 0 aliphatic carbocycles. The molecule has 50 heavy (non-hydrogen) atoms. The summed E-state index contributed by atoms with van der Waals surface area (Å²) in [6, 6.07) is 25.1. The highest BCUT2D eigenvalue weighted by Crippen LogP contribution is 2.26. The zero-order chi connectivity index (χ0) is 35.9. The van der Waals surface area contributed by atoms with Crippen molar-refractivity contribution in [1.82, 2.24) is 4.90 Å². The number of unbranched alkanes of at least 4 members (excludes halogenated alkanes) is 4. The number of rotatable bonds is 19. The van der Waals surface area contributed by atoms with Crippen LogP contribution in [0.15, 0.2) is 91.0 Å². The van der Waals surface area contributed by atoms with E-state index in [-0.39, 0.29) is 18.9 Å². The zero-order valence-electron chi connectivity index (χ0n) is 28.3. The molecule has 0 fully saturated rings. The third-order valence-corrected chi connectivity index (χ3v) is 8.18. The Morgan fingerprint density at radius 3 is 2.14 bits per heavy atom.